The third kappa shape index (κ3) is 2.61. The Labute approximate surface area is 174 Å². The zero-order valence-electron chi connectivity index (χ0n) is 17.7. The molecule has 1 spiro atoms. The molecule has 0 N–H and O–H groups in total. The van der Waals surface area contributed by atoms with Crippen LogP contribution in [0.5, 0.6) is 0 Å². The summed E-state index contributed by atoms with van der Waals surface area (Å²) in [5, 5.41) is 0. The Morgan fingerprint density at radius 2 is 1.77 bits per heavy atom. The van der Waals surface area contributed by atoms with Gasteiger partial charge in [-0.2, -0.15) is 0 Å². The fourth-order valence-corrected chi connectivity index (χ4v) is 5.79. The lowest BCUT2D eigenvalue weighted by Crippen LogP contribution is -2.71. The second-order valence-electron chi connectivity index (χ2n) is 8.86. The summed E-state index contributed by atoms with van der Waals surface area (Å²) >= 11 is 0. The highest BCUT2D eigenvalue weighted by Crippen LogP contribution is 2.71. The molecule has 9 heteroatoms. The van der Waals surface area contributed by atoms with Crippen LogP contribution in [0, 0.1) is 10.8 Å². The number of carbonyl (C=O) groups is 4. The molecule has 0 radical (unpaired) electrons. The Hall–Kier alpha value is -2.26. The molecule has 164 valence electrons. The van der Waals surface area contributed by atoms with Crippen molar-refractivity contribution < 1.29 is 42.9 Å². The van der Waals surface area contributed by atoms with E-state index in [1.165, 1.54) is 20.8 Å². The van der Waals surface area contributed by atoms with Crippen molar-refractivity contribution in [2.75, 3.05) is 13.2 Å². The van der Waals surface area contributed by atoms with Crippen LogP contribution in [0.2, 0.25) is 0 Å². The van der Waals surface area contributed by atoms with E-state index in [2.05, 4.69) is 0 Å². The number of ether oxygens (including phenoxy) is 5. The van der Waals surface area contributed by atoms with E-state index in [9.17, 15) is 19.2 Å². The molecule has 0 aromatic heterocycles. The van der Waals surface area contributed by atoms with Crippen molar-refractivity contribution in [2.24, 2.45) is 10.8 Å². The summed E-state index contributed by atoms with van der Waals surface area (Å²) in [5.74, 6) is -1.99. The Bertz CT molecular complexity index is 857. The molecule has 1 saturated carbocycles. The van der Waals surface area contributed by atoms with E-state index < -0.39 is 58.8 Å². The third-order valence-corrected chi connectivity index (χ3v) is 7.24. The molecule has 4 aliphatic rings. The average molecular weight is 422 g/mol. The van der Waals surface area contributed by atoms with E-state index in [0.29, 0.717) is 18.6 Å². The van der Waals surface area contributed by atoms with Crippen LogP contribution in [0.3, 0.4) is 0 Å². The summed E-state index contributed by atoms with van der Waals surface area (Å²) in [5.41, 5.74) is -2.51. The molecule has 4 rings (SSSR count). The minimum Gasteiger partial charge on any atom is -0.465 e. The Morgan fingerprint density at radius 3 is 2.30 bits per heavy atom. The smallest absolute Gasteiger partial charge is 0.303 e. The summed E-state index contributed by atoms with van der Waals surface area (Å²) in [6.07, 6.45) is -1.08. The molecule has 2 bridgehead atoms. The topological polar surface area (TPSA) is 118 Å². The van der Waals surface area contributed by atoms with E-state index in [0.717, 1.165) is 0 Å². The van der Waals surface area contributed by atoms with Crippen LogP contribution in [-0.4, -0.2) is 66.9 Å². The number of hydrogen-bond donors (Lipinski definition) is 0. The van der Waals surface area contributed by atoms with Gasteiger partial charge in [0, 0.05) is 26.2 Å². The fourth-order valence-electron chi connectivity index (χ4n) is 5.79. The average Bonchev–Trinajstić information content (AvgIpc) is 3.40. The molecule has 30 heavy (non-hydrogen) atoms. The molecular weight excluding hydrogens is 396 g/mol. The normalized spacial score (nSPS) is 43.5. The van der Waals surface area contributed by atoms with Crippen molar-refractivity contribution >= 4 is 23.7 Å². The lowest BCUT2D eigenvalue weighted by Gasteiger charge is -2.58. The molecule has 7 atom stereocenters. The highest BCUT2D eigenvalue weighted by atomic mass is 16.7. The van der Waals surface area contributed by atoms with E-state index in [1.54, 1.807) is 13.0 Å². The van der Waals surface area contributed by atoms with Gasteiger partial charge < -0.3 is 23.7 Å². The molecule has 1 unspecified atom stereocenters. The lowest BCUT2D eigenvalue weighted by molar-refractivity contribution is -0.252. The zero-order valence-corrected chi connectivity index (χ0v) is 17.7. The Kier molecular flexibility index (Phi) is 4.63. The van der Waals surface area contributed by atoms with Crippen LogP contribution < -0.4 is 0 Å². The van der Waals surface area contributed by atoms with Crippen LogP contribution in [0.15, 0.2) is 11.6 Å². The number of rotatable bonds is 4. The first kappa shape index (κ1) is 21.0. The number of epoxide rings is 1. The number of ketones is 1. The number of esters is 3. The van der Waals surface area contributed by atoms with Gasteiger partial charge in [-0.05, 0) is 25.0 Å². The molecule has 0 aromatic rings. The van der Waals surface area contributed by atoms with Crippen molar-refractivity contribution in [3.05, 3.63) is 11.6 Å². The lowest BCUT2D eigenvalue weighted by atomic mass is 9.50. The minimum atomic E-state index is -1.23. The first-order chi connectivity index (χ1) is 14.0. The van der Waals surface area contributed by atoms with Crippen molar-refractivity contribution in [3.8, 4) is 0 Å². The number of Topliss-reactive ketones (excluding diaryl/α,β-unsaturated/α-hetero) is 1. The second-order valence-corrected chi connectivity index (χ2v) is 8.86. The molecule has 0 aromatic carbocycles. The predicted molar refractivity (Wildman–Crippen MR) is 99.0 cm³/mol. The Balaban J connectivity index is 1.90. The summed E-state index contributed by atoms with van der Waals surface area (Å²) < 4.78 is 28.8. The minimum absolute atomic E-state index is 0.207. The quantitative estimate of drug-likeness (QED) is 0.369. The van der Waals surface area contributed by atoms with E-state index in [1.807, 2.05) is 6.92 Å². The molecule has 2 aliphatic carbocycles. The largest absolute Gasteiger partial charge is 0.465 e. The molecule has 9 nitrogen and oxygen atoms in total. The third-order valence-electron chi connectivity index (χ3n) is 7.24. The van der Waals surface area contributed by atoms with Crippen LogP contribution in [0.25, 0.3) is 0 Å². The summed E-state index contributed by atoms with van der Waals surface area (Å²) in [4.78, 5) is 48.7. The van der Waals surface area contributed by atoms with E-state index in [4.69, 9.17) is 23.7 Å². The summed E-state index contributed by atoms with van der Waals surface area (Å²) in [7, 11) is 0. The maximum absolute atomic E-state index is 13.2. The van der Waals surface area contributed by atoms with E-state index >= 15 is 0 Å². The van der Waals surface area contributed by atoms with Gasteiger partial charge in [0.25, 0.3) is 0 Å². The molecule has 0 amide bonds. The van der Waals surface area contributed by atoms with Crippen LogP contribution >= 0.6 is 0 Å². The summed E-state index contributed by atoms with van der Waals surface area (Å²) in [6.45, 7) is 7.49. The zero-order chi connectivity index (χ0) is 22.1. The Morgan fingerprint density at radius 1 is 1.13 bits per heavy atom. The van der Waals surface area contributed by atoms with E-state index in [-0.39, 0.29) is 12.4 Å². The van der Waals surface area contributed by atoms with Gasteiger partial charge in [0.05, 0.1) is 18.1 Å². The van der Waals surface area contributed by atoms with Crippen LogP contribution in [-0.2, 0) is 42.9 Å². The highest BCUT2D eigenvalue weighted by molar-refractivity contribution is 6.01. The van der Waals surface area contributed by atoms with Gasteiger partial charge in [0.2, 0.25) is 0 Å². The molecule has 3 fully saturated rings. The SMILES string of the molecule is CC(=O)OC[C@]12[C@H](OC(C)=O)C(=O)C(C)=C[C@H]1O[C@@H]1[C@H](OC(C)=O)C[C@@]2(C)C12CO2. The molecule has 2 heterocycles. The first-order valence-electron chi connectivity index (χ1n) is 9.98. The van der Waals surface area contributed by atoms with Gasteiger partial charge in [0.1, 0.15) is 24.4 Å². The standard InChI is InChI=1S/C21H26O9/c1-10-6-15-20(8-26-11(2)22,18(16(10)25)29-13(4)24)19(5)7-14(28-12(3)23)17(30-15)21(19)9-27-21/h6,14-15,17-18H,7-9H2,1-5H3/t14-,15-,17-,18-,19-,20-,21?/m1/s1. The summed E-state index contributed by atoms with van der Waals surface area (Å²) in [6, 6.07) is 0. The number of carbonyl (C=O) groups excluding carboxylic acids is 4. The van der Waals surface area contributed by atoms with Crippen molar-refractivity contribution in [2.45, 2.75) is 71.1 Å². The van der Waals surface area contributed by atoms with Gasteiger partial charge in [-0.15, -0.1) is 0 Å². The van der Waals surface area contributed by atoms with Crippen LogP contribution in [0.1, 0.15) is 41.0 Å². The molecule has 2 aliphatic heterocycles. The molecule has 2 saturated heterocycles. The monoisotopic (exact) mass is 422 g/mol. The number of fused-ring (bicyclic) bond motifs is 2. The van der Waals surface area contributed by atoms with Gasteiger partial charge in [-0.25, -0.2) is 0 Å². The fraction of sp³-hybridized carbons (Fsp3) is 0.714. The predicted octanol–water partition coefficient (Wildman–Crippen LogP) is 0.875. The van der Waals surface area contributed by atoms with Crippen LogP contribution in [0.4, 0.5) is 0 Å². The van der Waals surface area contributed by atoms with Gasteiger partial charge >= 0.3 is 17.9 Å². The van der Waals surface area contributed by atoms with Gasteiger partial charge in [0.15, 0.2) is 11.9 Å². The maximum atomic E-state index is 13.2. The van der Waals surface area contributed by atoms with Crippen molar-refractivity contribution in [1.29, 1.82) is 0 Å². The van der Waals surface area contributed by atoms with Gasteiger partial charge in [-0.3, -0.25) is 19.2 Å². The van der Waals surface area contributed by atoms with Gasteiger partial charge in [-0.1, -0.05) is 6.92 Å². The first-order valence-corrected chi connectivity index (χ1v) is 9.98. The maximum Gasteiger partial charge on any atom is 0.303 e. The van der Waals surface area contributed by atoms with Crippen molar-refractivity contribution in [1.82, 2.24) is 0 Å². The second kappa shape index (κ2) is 6.62. The number of hydrogen-bond acceptors (Lipinski definition) is 9. The highest BCUT2D eigenvalue weighted by Gasteiger charge is 2.84. The molecular formula is C21H26O9. The van der Waals surface area contributed by atoms with Crippen molar-refractivity contribution in [3.63, 3.8) is 0 Å².